The third kappa shape index (κ3) is 2.75. The molecule has 1 aliphatic rings. The number of hydrogen-bond acceptors (Lipinski definition) is 4. The van der Waals surface area contributed by atoms with E-state index in [4.69, 9.17) is 4.74 Å². The van der Waals surface area contributed by atoms with Crippen molar-refractivity contribution < 1.29 is 9.53 Å². The average Bonchev–Trinajstić information content (AvgIpc) is 3.22. The Kier molecular flexibility index (Phi) is 3.31. The molecule has 22 heavy (non-hydrogen) atoms. The molecule has 1 heterocycles. The molecule has 1 fully saturated rings. The lowest BCUT2D eigenvalue weighted by molar-refractivity contribution is 0.00697. The van der Waals surface area contributed by atoms with Crippen LogP contribution in [0.2, 0.25) is 0 Å². The van der Waals surface area contributed by atoms with E-state index >= 15 is 0 Å². The summed E-state index contributed by atoms with van der Waals surface area (Å²) in [6.45, 7) is 7.21. The topological polar surface area (TPSA) is 61.2 Å². The fourth-order valence-corrected chi connectivity index (χ4v) is 2.49. The van der Waals surface area contributed by atoms with Gasteiger partial charge in [-0.15, -0.1) is 0 Å². The van der Waals surface area contributed by atoms with Crippen molar-refractivity contribution in [2.75, 3.05) is 0 Å². The number of aryl methyl sites for hydroxylation is 1. The second-order valence-corrected chi connectivity index (χ2v) is 6.81. The van der Waals surface area contributed by atoms with Crippen LogP contribution in [0.15, 0.2) is 23.0 Å². The van der Waals surface area contributed by atoms with Crippen LogP contribution in [-0.4, -0.2) is 21.1 Å². The minimum absolute atomic E-state index is 0.0416. The first-order chi connectivity index (χ1) is 10.3. The number of rotatable bonds is 2. The number of fused-ring (bicyclic) bond motifs is 1. The lowest BCUT2D eigenvalue weighted by Crippen LogP contribution is -2.25. The minimum Gasteiger partial charge on any atom is -0.456 e. The molecule has 0 radical (unpaired) electrons. The Hall–Kier alpha value is -2.17. The summed E-state index contributed by atoms with van der Waals surface area (Å²) in [4.78, 5) is 28.8. The van der Waals surface area contributed by atoms with Crippen LogP contribution in [0.3, 0.4) is 0 Å². The molecule has 1 aromatic heterocycles. The van der Waals surface area contributed by atoms with E-state index in [9.17, 15) is 9.59 Å². The van der Waals surface area contributed by atoms with E-state index < -0.39 is 5.60 Å². The molecule has 3 rings (SSSR count). The van der Waals surface area contributed by atoms with Gasteiger partial charge in [0.05, 0.1) is 16.6 Å². The fraction of sp³-hybridized carbons (Fsp3) is 0.471. The first kappa shape index (κ1) is 14.8. The van der Waals surface area contributed by atoms with E-state index in [1.54, 1.807) is 29.7 Å². The summed E-state index contributed by atoms with van der Waals surface area (Å²) < 4.78 is 7.18. The van der Waals surface area contributed by atoms with E-state index in [-0.39, 0.29) is 17.6 Å². The van der Waals surface area contributed by atoms with Crippen LogP contribution < -0.4 is 5.56 Å². The van der Waals surface area contributed by atoms with Crippen LogP contribution in [0.4, 0.5) is 0 Å². The first-order valence-electron chi connectivity index (χ1n) is 7.52. The van der Waals surface area contributed by atoms with Gasteiger partial charge in [-0.1, -0.05) is 0 Å². The van der Waals surface area contributed by atoms with Crippen molar-refractivity contribution in [2.45, 2.75) is 52.2 Å². The molecular weight excluding hydrogens is 280 g/mol. The number of carbonyl (C=O) groups excluding carboxylic acids is 1. The highest BCUT2D eigenvalue weighted by atomic mass is 16.6. The normalized spacial score (nSPS) is 15.1. The molecule has 0 atom stereocenters. The zero-order valence-corrected chi connectivity index (χ0v) is 13.3. The van der Waals surface area contributed by atoms with Crippen LogP contribution in [0.1, 0.15) is 55.7 Å². The summed E-state index contributed by atoms with van der Waals surface area (Å²) in [5.41, 5.74) is 1.77. The van der Waals surface area contributed by atoms with Crippen LogP contribution in [0.25, 0.3) is 11.0 Å². The summed E-state index contributed by atoms with van der Waals surface area (Å²) in [5.74, 6) is -0.377. The third-order valence-corrected chi connectivity index (χ3v) is 3.60. The van der Waals surface area contributed by atoms with Gasteiger partial charge in [0.1, 0.15) is 11.3 Å². The van der Waals surface area contributed by atoms with Gasteiger partial charge < -0.3 is 9.30 Å². The van der Waals surface area contributed by atoms with Gasteiger partial charge in [0, 0.05) is 6.04 Å². The molecule has 0 unspecified atom stereocenters. The van der Waals surface area contributed by atoms with Crippen molar-refractivity contribution >= 4 is 17.0 Å². The zero-order chi connectivity index (χ0) is 16.1. The monoisotopic (exact) mass is 300 g/mol. The third-order valence-electron chi connectivity index (χ3n) is 3.60. The molecule has 0 N–H and O–H groups in total. The maximum atomic E-state index is 12.3. The Bertz CT molecular complexity index is 811. The lowest BCUT2D eigenvalue weighted by atomic mass is 10.1. The van der Waals surface area contributed by atoms with Crippen LogP contribution in [-0.2, 0) is 4.74 Å². The lowest BCUT2D eigenvalue weighted by Gasteiger charge is -2.19. The van der Waals surface area contributed by atoms with Gasteiger partial charge in [-0.05, 0) is 58.7 Å². The van der Waals surface area contributed by atoms with Gasteiger partial charge in [-0.3, -0.25) is 4.79 Å². The van der Waals surface area contributed by atoms with Crippen molar-refractivity contribution in [1.29, 1.82) is 0 Å². The number of hydrogen-bond donors (Lipinski definition) is 0. The van der Waals surface area contributed by atoms with Crippen molar-refractivity contribution in [3.05, 3.63) is 39.8 Å². The molecule has 116 valence electrons. The molecule has 5 heteroatoms. The number of benzene rings is 1. The highest BCUT2D eigenvalue weighted by molar-refractivity contribution is 5.93. The average molecular weight is 300 g/mol. The van der Waals surface area contributed by atoms with Gasteiger partial charge in [0.25, 0.3) is 5.56 Å². The molecular formula is C17H20N2O3. The van der Waals surface area contributed by atoms with Gasteiger partial charge in [0.15, 0.2) is 0 Å². The summed E-state index contributed by atoms with van der Waals surface area (Å²) in [5, 5.41) is 0. The summed E-state index contributed by atoms with van der Waals surface area (Å²) >= 11 is 0. The summed E-state index contributed by atoms with van der Waals surface area (Å²) in [6.07, 6.45) is 2.04. The van der Waals surface area contributed by atoms with E-state index in [0.717, 1.165) is 18.4 Å². The molecule has 1 saturated carbocycles. The Morgan fingerprint density at radius 1 is 1.32 bits per heavy atom. The molecule has 0 amide bonds. The Morgan fingerprint density at radius 3 is 2.59 bits per heavy atom. The highest BCUT2D eigenvalue weighted by Gasteiger charge is 2.27. The number of carbonyl (C=O) groups is 1. The summed E-state index contributed by atoms with van der Waals surface area (Å²) in [7, 11) is 0. The molecule has 0 bridgehead atoms. The standard InChI is InChI=1S/C17H20N2O3/c1-10-15(20)19(12-6-7-12)14-8-5-11(9-13(14)18-10)16(21)22-17(2,3)4/h5,8-9,12H,6-7H2,1-4H3. The molecule has 0 saturated heterocycles. The molecule has 2 aromatic rings. The maximum Gasteiger partial charge on any atom is 0.338 e. The maximum absolute atomic E-state index is 12.3. The van der Waals surface area contributed by atoms with E-state index in [1.807, 2.05) is 20.8 Å². The molecule has 1 aliphatic carbocycles. The minimum atomic E-state index is -0.539. The zero-order valence-electron chi connectivity index (χ0n) is 13.3. The van der Waals surface area contributed by atoms with E-state index in [0.29, 0.717) is 16.8 Å². The summed E-state index contributed by atoms with van der Waals surface area (Å²) in [6, 6.07) is 5.46. The highest BCUT2D eigenvalue weighted by Crippen LogP contribution is 2.35. The Labute approximate surface area is 128 Å². The first-order valence-corrected chi connectivity index (χ1v) is 7.52. The largest absolute Gasteiger partial charge is 0.456 e. The van der Waals surface area contributed by atoms with Crippen LogP contribution >= 0.6 is 0 Å². The number of ether oxygens (including phenoxy) is 1. The SMILES string of the molecule is Cc1nc2cc(C(=O)OC(C)(C)C)ccc2n(C2CC2)c1=O. The van der Waals surface area contributed by atoms with E-state index in [2.05, 4.69) is 4.98 Å². The Morgan fingerprint density at radius 2 is 2.00 bits per heavy atom. The van der Waals surface area contributed by atoms with E-state index in [1.165, 1.54) is 0 Å². The fourth-order valence-electron chi connectivity index (χ4n) is 2.49. The quantitative estimate of drug-likeness (QED) is 0.800. The number of aromatic nitrogens is 2. The van der Waals surface area contributed by atoms with Gasteiger partial charge in [0.2, 0.25) is 0 Å². The Balaban J connectivity index is 2.09. The van der Waals surface area contributed by atoms with Gasteiger partial charge >= 0.3 is 5.97 Å². The number of esters is 1. The second-order valence-electron chi connectivity index (χ2n) is 6.81. The molecule has 5 nitrogen and oxygen atoms in total. The van der Waals surface area contributed by atoms with Crippen molar-refractivity contribution in [3.8, 4) is 0 Å². The second kappa shape index (κ2) is 4.93. The molecule has 0 spiro atoms. The molecule has 0 aliphatic heterocycles. The predicted octanol–water partition coefficient (Wildman–Crippen LogP) is 3.00. The predicted molar refractivity (Wildman–Crippen MR) is 84.2 cm³/mol. The number of nitrogens with zero attached hydrogens (tertiary/aromatic N) is 2. The van der Waals surface area contributed by atoms with Crippen molar-refractivity contribution in [1.82, 2.24) is 9.55 Å². The van der Waals surface area contributed by atoms with Crippen molar-refractivity contribution in [2.24, 2.45) is 0 Å². The van der Waals surface area contributed by atoms with Gasteiger partial charge in [-0.25, -0.2) is 9.78 Å². The van der Waals surface area contributed by atoms with Crippen molar-refractivity contribution in [3.63, 3.8) is 0 Å². The van der Waals surface area contributed by atoms with Gasteiger partial charge in [-0.2, -0.15) is 0 Å². The van der Waals surface area contributed by atoms with Crippen LogP contribution in [0.5, 0.6) is 0 Å². The smallest absolute Gasteiger partial charge is 0.338 e. The van der Waals surface area contributed by atoms with Crippen LogP contribution in [0, 0.1) is 6.92 Å². The molecule has 1 aromatic carbocycles.